The Morgan fingerprint density at radius 1 is 0.955 bits per heavy atom. The van der Waals surface area contributed by atoms with E-state index in [2.05, 4.69) is 9.47 Å². The molecule has 1 aromatic rings. The second-order valence-electron chi connectivity index (χ2n) is 4.11. The Kier molecular flexibility index (Phi) is 10.3. The van der Waals surface area contributed by atoms with Crippen molar-refractivity contribution in [2.45, 2.75) is 20.8 Å². The summed E-state index contributed by atoms with van der Waals surface area (Å²) >= 11 is 0. The van der Waals surface area contributed by atoms with Crippen molar-refractivity contribution in [3.05, 3.63) is 24.3 Å². The van der Waals surface area contributed by atoms with Crippen LogP contribution in [-0.4, -0.2) is 39.4 Å². The molecule has 0 saturated heterocycles. The number of rotatable bonds is 6. The van der Waals surface area contributed by atoms with Crippen LogP contribution in [0.2, 0.25) is 0 Å². The highest BCUT2D eigenvalue weighted by molar-refractivity contribution is 5.94. The van der Waals surface area contributed by atoms with Crippen molar-refractivity contribution in [1.29, 1.82) is 0 Å². The van der Waals surface area contributed by atoms with Gasteiger partial charge in [0.15, 0.2) is 5.92 Å². The molecule has 1 aromatic carbocycles. The summed E-state index contributed by atoms with van der Waals surface area (Å²) in [6.07, 6.45) is 0. The van der Waals surface area contributed by atoms with E-state index in [1.54, 1.807) is 28.1 Å². The van der Waals surface area contributed by atoms with Gasteiger partial charge >= 0.3 is 11.9 Å². The molecule has 0 unspecified atom stereocenters. The Balaban J connectivity index is 0.000000406. The molecule has 0 N–H and O–H groups in total. The van der Waals surface area contributed by atoms with Gasteiger partial charge in [-0.25, -0.2) is 0 Å². The third-order valence-electron chi connectivity index (χ3n) is 2.56. The summed E-state index contributed by atoms with van der Waals surface area (Å²) in [5, 5.41) is 0. The molecule has 0 amide bonds. The largest absolute Gasteiger partial charge is 0.497 e. The number of hydrogen-bond donors (Lipinski definition) is 0. The van der Waals surface area contributed by atoms with Crippen LogP contribution >= 0.6 is 0 Å². The van der Waals surface area contributed by atoms with Gasteiger partial charge in [-0.15, -0.1) is 0 Å². The lowest BCUT2D eigenvalue weighted by Gasteiger charge is -2.08. The van der Waals surface area contributed by atoms with Crippen molar-refractivity contribution < 1.29 is 28.5 Å². The van der Waals surface area contributed by atoms with Crippen LogP contribution in [0.1, 0.15) is 20.8 Å². The molecule has 6 heteroatoms. The monoisotopic (exact) mass is 312 g/mol. The number of esters is 2. The zero-order valence-electron chi connectivity index (χ0n) is 13.8. The van der Waals surface area contributed by atoms with E-state index in [-0.39, 0.29) is 13.2 Å². The van der Waals surface area contributed by atoms with E-state index in [4.69, 9.17) is 9.47 Å². The molecule has 22 heavy (non-hydrogen) atoms. The van der Waals surface area contributed by atoms with Crippen molar-refractivity contribution in [1.82, 2.24) is 0 Å². The van der Waals surface area contributed by atoms with Gasteiger partial charge in [0.1, 0.15) is 11.5 Å². The molecule has 1 rings (SSSR count). The third kappa shape index (κ3) is 7.52. The molecule has 0 radical (unpaired) electrons. The van der Waals surface area contributed by atoms with E-state index in [1.807, 2.05) is 24.3 Å². The van der Waals surface area contributed by atoms with E-state index in [9.17, 15) is 9.59 Å². The maximum atomic E-state index is 10.9. The van der Waals surface area contributed by atoms with E-state index >= 15 is 0 Å². The third-order valence-corrected chi connectivity index (χ3v) is 2.56. The van der Waals surface area contributed by atoms with Gasteiger partial charge in [-0.05, 0) is 32.9 Å². The molecule has 0 aliphatic carbocycles. The molecular weight excluding hydrogens is 288 g/mol. The average Bonchev–Trinajstić information content (AvgIpc) is 2.55. The van der Waals surface area contributed by atoms with Crippen LogP contribution in [-0.2, 0) is 19.1 Å². The van der Waals surface area contributed by atoms with E-state index in [0.29, 0.717) is 0 Å². The van der Waals surface area contributed by atoms with Crippen LogP contribution in [0.4, 0.5) is 0 Å². The van der Waals surface area contributed by atoms with Gasteiger partial charge in [0, 0.05) is 6.07 Å². The molecule has 0 atom stereocenters. The number of benzene rings is 1. The van der Waals surface area contributed by atoms with Gasteiger partial charge in [0.2, 0.25) is 0 Å². The van der Waals surface area contributed by atoms with E-state index in [0.717, 1.165) is 11.5 Å². The van der Waals surface area contributed by atoms with Gasteiger partial charge in [0.05, 0.1) is 27.4 Å². The summed E-state index contributed by atoms with van der Waals surface area (Å²) in [7, 11) is 3.27. The fourth-order valence-electron chi connectivity index (χ4n) is 1.36. The molecule has 6 nitrogen and oxygen atoms in total. The fourth-order valence-corrected chi connectivity index (χ4v) is 1.36. The predicted octanol–water partition coefficient (Wildman–Crippen LogP) is 2.45. The predicted molar refractivity (Wildman–Crippen MR) is 82.0 cm³/mol. The van der Waals surface area contributed by atoms with Crippen LogP contribution in [0.15, 0.2) is 24.3 Å². The maximum absolute atomic E-state index is 10.9. The van der Waals surface area contributed by atoms with Crippen molar-refractivity contribution in [2.75, 3.05) is 27.4 Å². The lowest BCUT2D eigenvalue weighted by Crippen LogP contribution is -2.25. The first-order valence-electron chi connectivity index (χ1n) is 7.01. The summed E-state index contributed by atoms with van der Waals surface area (Å²) in [5.74, 6) is -0.240. The SMILES string of the molecule is CCOC(=O)C(C)C(=O)OCC.COc1cccc(OC)c1. The Morgan fingerprint density at radius 3 is 1.68 bits per heavy atom. The van der Waals surface area contributed by atoms with Gasteiger partial charge in [-0.3, -0.25) is 9.59 Å². The second kappa shape index (κ2) is 11.4. The van der Waals surface area contributed by atoms with Crippen LogP contribution in [0.25, 0.3) is 0 Å². The molecule has 124 valence electrons. The van der Waals surface area contributed by atoms with E-state index < -0.39 is 17.9 Å². The average molecular weight is 312 g/mol. The van der Waals surface area contributed by atoms with Crippen LogP contribution in [0, 0.1) is 5.92 Å². The molecule has 0 bridgehead atoms. The van der Waals surface area contributed by atoms with Crippen LogP contribution in [0.5, 0.6) is 11.5 Å². The first-order valence-corrected chi connectivity index (χ1v) is 7.01. The number of carbonyl (C=O) groups is 2. The number of methoxy groups -OCH3 is 2. The van der Waals surface area contributed by atoms with Gasteiger partial charge in [0.25, 0.3) is 0 Å². The quantitative estimate of drug-likeness (QED) is 0.593. The molecule has 0 heterocycles. The molecular formula is C16H24O6. The number of hydrogen-bond acceptors (Lipinski definition) is 6. The zero-order chi connectivity index (χ0) is 17.0. The zero-order valence-corrected chi connectivity index (χ0v) is 13.8. The van der Waals surface area contributed by atoms with Crippen molar-refractivity contribution in [2.24, 2.45) is 5.92 Å². The molecule has 0 aromatic heterocycles. The summed E-state index contributed by atoms with van der Waals surface area (Å²) in [6.45, 7) is 5.41. The topological polar surface area (TPSA) is 71.1 Å². The lowest BCUT2D eigenvalue weighted by molar-refractivity contribution is -0.160. The smallest absolute Gasteiger partial charge is 0.320 e. The first kappa shape index (κ1) is 19.8. The molecule has 0 saturated carbocycles. The van der Waals surface area contributed by atoms with Crippen molar-refractivity contribution >= 4 is 11.9 Å². The summed E-state index contributed by atoms with van der Waals surface area (Å²) in [4.78, 5) is 21.9. The van der Waals surface area contributed by atoms with Crippen LogP contribution < -0.4 is 9.47 Å². The number of ether oxygens (including phenoxy) is 4. The van der Waals surface area contributed by atoms with Gasteiger partial charge in [-0.2, -0.15) is 0 Å². The Morgan fingerprint density at radius 2 is 1.36 bits per heavy atom. The highest BCUT2D eigenvalue weighted by Gasteiger charge is 2.23. The normalized spacial score (nSPS) is 9.36. The van der Waals surface area contributed by atoms with Gasteiger partial charge < -0.3 is 18.9 Å². The highest BCUT2D eigenvalue weighted by Crippen LogP contribution is 2.17. The first-order chi connectivity index (χ1) is 10.5. The highest BCUT2D eigenvalue weighted by atomic mass is 16.6. The van der Waals surface area contributed by atoms with Crippen molar-refractivity contribution in [3.8, 4) is 11.5 Å². The standard InChI is InChI=1S/C8H14O4.C8H10O2/c1-4-11-7(9)6(3)8(10)12-5-2;1-9-7-4-3-5-8(6-7)10-2/h6H,4-5H2,1-3H3;3-6H,1-2H3. The Labute approximate surface area is 131 Å². The summed E-state index contributed by atoms with van der Waals surface area (Å²) in [6, 6.07) is 7.47. The van der Waals surface area contributed by atoms with E-state index in [1.165, 1.54) is 6.92 Å². The minimum Gasteiger partial charge on any atom is -0.497 e. The minimum atomic E-state index is -0.815. The molecule has 0 fully saturated rings. The molecule has 0 aliphatic heterocycles. The van der Waals surface area contributed by atoms with Crippen molar-refractivity contribution in [3.63, 3.8) is 0 Å². The summed E-state index contributed by atoms with van der Waals surface area (Å²) < 4.78 is 19.2. The number of carbonyl (C=O) groups excluding carboxylic acids is 2. The minimum absolute atomic E-state index is 0.280. The molecule has 0 spiro atoms. The van der Waals surface area contributed by atoms with Gasteiger partial charge in [-0.1, -0.05) is 6.07 Å². The fraction of sp³-hybridized carbons (Fsp3) is 0.500. The molecule has 0 aliphatic rings. The maximum Gasteiger partial charge on any atom is 0.320 e. The van der Waals surface area contributed by atoms with Crippen LogP contribution in [0.3, 0.4) is 0 Å². The Bertz CT molecular complexity index is 420. The summed E-state index contributed by atoms with van der Waals surface area (Å²) in [5.41, 5.74) is 0. The lowest BCUT2D eigenvalue weighted by atomic mass is 10.2. The Hall–Kier alpha value is -2.24. The second-order valence-corrected chi connectivity index (χ2v) is 4.11.